The number of alkyl carbamates (subject to hydrolysis) is 1. The van der Waals surface area contributed by atoms with Gasteiger partial charge in [0.25, 0.3) is 0 Å². The van der Waals surface area contributed by atoms with Gasteiger partial charge >= 0.3 is 12.1 Å². The summed E-state index contributed by atoms with van der Waals surface area (Å²) in [4.78, 5) is 28.3. The average Bonchev–Trinajstić information content (AvgIpc) is 2.49. The van der Waals surface area contributed by atoms with Crippen molar-refractivity contribution in [1.82, 2.24) is 5.32 Å². The Morgan fingerprint density at radius 2 is 1.79 bits per heavy atom. The molecule has 0 aliphatic carbocycles. The van der Waals surface area contributed by atoms with Crippen molar-refractivity contribution in [1.29, 1.82) is 0 Å². The van der Waals surface area contributed by atoms with Crippen molar-refractivity contribution in [2.24, 2.45) is 4.99 Å². The Labute approximate surface area is 143 Å². The molecule has 0 fully saturated rings. The molecule has 1 atom stereocenters. The van der Waals surface area contributed by atoms with Gasteiger partial charge in [0.1, 0.15) is 11.1 Å². The largest absolute Gasteiger partial charge is 0.467 e. The third kappa shape index (κ3) is 6.81. The van der Waals surface area contributed by atoms with Crippen LogP contribution in [0.5, 0.6) is 0 Å². The summed E-state index contributed by atoms with van der Waals surface area (Å²) in [5.41, 5.74) is -0.826. The summed E-state index contributed by atoms with van der Waals surface area (Å²) in [5, 5.41) is 2.57. The molecule has 1 aromatic rings. The van der Waals surface area contributed by atoms with Gasteiger partial charge in [0.05, 0.1) is 13.7 Å². The topological polar surface area (TPSA) is 77.0 Å². The molecule has 0 saturated heterocycles. The second kappa shape index (κ2) is 8.47. The number of rotatable bonds is 6. The molecule has 6 nitrogen and oxygen atoms in total. The zero-order chi connectivity index (χ0) is 18.2. The van der Waals surface area contributed by atoms with E-state index in [-0.39, 0.29) is 6.42 Å². The number of carbonyl (C=O) groups is 2. The molecule has 1 amide bonds. The quantitative estimate of drug-likeness (QED) is 0.640. The number of methoxy groups -OCH3 is 1. The van der Waals surface area contributed by atoms with Gasteiger partial charge in [-0.25, -0.2) is 9.59 Å². The third-order valence-corrected chi connectivity index (χ3v) is 3.16. The van der Waals surface area contributed by atoms with Crippen molar-refractivity contribution in [3.63, 3.8) is 0 Å². The molecule has 1 aromatic carbocycles. The molecule has 6 heteroatoms. The van der Waals surface area contributed by atoms with Crippen molar-refractivity contribution in [3.05, 3.63) is 35.9 Å². The van der Waals surface area contributed by atoms with Crippen LogP contribution >= 0.6 is 0 Å². The lowest BCUT2D eigenvalue weighted by molar-refractivity contribution is -0.147. The number of benzene rings is 1. The minimum atomic E-state index is -1.24. The van der Waals surface area contributed by atoms with Crippen molar-refractivity contribution < 1.29 is 19.1 Å². The highest BCUT2D eigenvalue weighted by Gasteiger charge is 2.36. The number of hydrogen-bond donors (Lipinski definition) is 1. The first-order valence-corrected chi connectivity index (χ1v) is 7.78. The van der Waals surface area contributed by atoms with Crippen molar-refractivity contribution in [3.8, 4) is 0 Å². The molecule has 24 heavy (non-hydrogen) atoms. The van der Waals surface area contributed by atoms with Crippen LogP contribution in [0.1, 0.15) is 39.7 Å². The van der Waals surface area contributed by atoms with Gasteiger partial charge in [0, 0.05) is 12.6 Å². The summed E-state index contributed by atoms with van der Waals surface area (Å²) < 4.78 is 9.99. The summed E-state index contributed by atoms with van der Waals surface area (Å²) >= 11 is 0. The SMILES string of the molecule is COC(=O)C(C)(C/C=N/Cc1ccccc1)NC(=O)OC(C)(C)C. The summed E-state index contributed by atoms with van der Waals surface area (Å²) in [6.45, 7) is 7.35. The van der Waals surface area contributed by atoms with Crippen LogP contribution in [0.3, 0.4) is 0 Å². The van der Waals surface area contributed by atoms with Gasteiger partial charge in [-0.1, -0.05) is 30.3 Å². The Morgan fingerprint density at radius 1 is 1.17 bits per heavy atom. The smallest absolute Gasteiger partial charge is 0.408 e. The van der Waals surface area contributed by atoms with Crippen LogP contribution in [0.4, 0.5) is 4.79 Å². The molecule has 1 N–H and O–H groups in total. The Hall–Kier alpha value is -2.37. The van der Waals surface area contributed by atoms with Gasteiger partial charge in [-0.3, -0.25) is 4.99 Å². The predicted octanol–water partition coefficient (Wildman–Crippen LogP) is 3.10. The summed E-state index contributed by atoms with van der Waals surface area (Å²) in [7, 11) is 1.28. The highest BCUT2D eigenvalue weighted by Crippen LogP contribution is 2.14. The van der Waals surface area contributed by atoms with E-state index in [1.165, 1.54) is 7.11 Å². The standard InChI is InChI=1S/C18H26N2O4/c1-17(2,3)24-16(22)20-18(4,15(21)23-5)11-12-19-13-14-9-7-6-8-10-14/h6-10,12H,11,13H2,1-5H3,(H,20,22)/b19-12+. The Balaban J connectivity index is 2.70. The number of nitrogens with one attached hydrogen (secondary N) is 1. The molecule has 0 saturated carbocycles. The van der Waals surface area contributed by atoms with E-state index >= 15 is 0 Å². The minimum absolute atomic E-state index is 0.200. The van der Waals surface area contributed by atoms with Crippen LogP contribution in [0.15, 0.2) is 35.3 Å². The lowest BCUT2D eigenvalue weighted by Gasteiger charge is -2.28. The summed E-state index contributed by atoms with van der Waals surface area (Å²) in [6.07, 6.45) is 1.14. The van der Waals surface area contributed by atoms with E-state index in [2.05, 4.69) is 10.3 Å². The van der Waals surface area contributed by atoms with Crippen molar-refractivity contribution >= 4 is 18.3 Å². The van der Waals surface area contributed by atoms with E-state index in [9.17, 15) is 9.59 Å². The summed E-state index contributed by atoms with van der Waals surface area (Å²) in [5.74, 6) is -0.556. The van der Waals surface area contributed by atoms with Gasteiger partial charge in [-0.15, -0.1) is 0 Å². The molecule has 0 aliphatic rings. The van der Waals surface area contributed by atoms with Crippen molar-refractivity contribution in [2.75, 3.05) is 7.11 Å². The van der Waals surface area contributed by atoms with Gasteiger partial charge in [0.2, 0.25) is 0 Å². The van der Waals surface area contributed by atoms with E-state index in [0.717, 1.165) is 5.56 Å². The maximum absolute atomic E-state index is 12.0. The molecule has 0 aromatic heterocycles. The average molecular weight is 334 g/mol. The zero-order valence-electron chi connectivity index (χ0n) is 15.0. The van der Waals surface area contributed by atoms with Crippen LogP contribution in [0.2, 0.25) is 0 Å². The number of ether oxygens (including phenoxy) is 2. The van der Waals surface area contributed by atoms with Crippen molar-refractivity contribution in [2.45, 2.75) is 51.8 Å². The number of carbonyl (C=O) groups excluding carboxylic acids is 2. The highest BCUT2D eigenvalue weighted by atomic mass is 16.6. The molecule has 1 rings (SSSR count). The van der Waals surface area contributed by atoms with E-state index in [0.29, 0.717) is 6.54 Å². The van der Waals surface area contributed by atoms with E-state index in [4.69, 9.17) is 9.47 Å². The van der Waals surface area contributed by atoms with Gasteiger partial charge in [0.15, 0.2) is 0 Å². The molecule has 0 spiro atoms. The Bertz CT molecular complexity index is 578. The predicted molar refractivity (Wildman–Crippen MR) is 93.0 cm³/mol. The number of amides is 1. The zero-order valence-corrected chi connectivity index (χ0v) is 15.0. The molecular weight excluding hydrogens is 308 g/mol. The molecule has 0 heterocycles. The number of hydrogen-bond acceptors (Lipinski definition) is 5. The van der Waals surface area contributed by atoms with Crippen LogP contribution < -0.4 is 5.32 Å². The molecule has 1 unspecified atom stereocenters. The summed E-state index contributed by atoms with van der Waals surface area (Å²) in [6, 6.07) is 9.75. The maximum Gasteiger partial charge on any atom is 0.408 e. The van der Waals surface area contributed by atoms with Gasteiger partial charge in [-0.2, -0.15) is 0 Å². The number of esters is 1. The maximum atomic E-state index is 12.0. The lowest BCUT2D eigenvalue weighted by Crippen LogP contribution is -2.54. The van der Waals surface area contributed by atoms with Gasteiger partial charge < -0.3 is 14.8 Å². The number of nitrogens with zero attached hydrogens (tertiary/aromatic N) is 1. The fourth-order valence-electron chi connectivity index (χ4n) is 1.94. The van der Waals surface area contributed by atoms with Gasteiger partial charge in [-0.05, 0) is 33.3 Å². The molecule has 0 aliphatic heterocycles. The third-order valence-electron chi connectivity index (χ3n) is 3.16. The van der Waals surface area contributed by atoms with E-state index < -0.39 is 23.2 Å². The Morgan fingerprint density at radius 3 is 2.33 bits per heavy atom. The monoisotopic (exact) mass is 334 g/mol. The number of aliphatic imine (C=N–C) groups is 1. The molecule has 0 radical (unpaired) electrons. The lowest BCUT2D eigenvalue weighted by atomic mass is 9.99. The highest BCUT2D eigenvalue weighted by molar-refractivity contribution is 5.88. The second-order valence-corrected chi connectivity index (χ2v) is 6.66. The normalized spacial score (nSPS) is 14.0. The second-order valence-electron chi connectivity index (χ2n) is 6.66. The van der Waals surface area contributed by atoms with Crippen LogP contribution in [-0.4, -0.2) is 36.5 Å². The first kappa shape index (κ1) is 19.7. The van der Waals surface area contributed by atoms with E-state index in [1.54, 1.807) is 33.9 Å². The first-order chi connectivity index (χ1) is 11.2. The Kier molecular flexibility index (Phi) is 6.95. The fraction of sp³-hybridized carbons (Fsp3) is 0.500. The fourth-order valence-corrected chi connectivity index (χ4v) is 1.94. The molecular formula is C18H26N2O4. The van der Waals surface area contributed by atoms with Crippen LogP contribution in [-0.2, 0) is 20.8 Å². The molecule has 0 bridgehead atoms. The molecule has 132 valence electrons. The van der Waals surface area contributed by atoms with Crippen LogP contribution in [0.25, 0.3) is 0 Å². The van der Waals surface area contributed by atoms with Crippen LogP contribution in [0, 0.1) is 0 Å². The van der Waals surface area contributed by atoms with E-state index in [1.807, 2.05) is 30.3 Å². The first-order valence-electron chi connectivity index (χ1n) is 7.78. The minimum Gasteiger partial charge on any atom is -0.467 e.